The van der Waals surface area contributed by atoms with Crippen LogP contribution < -0.4 is 4.74 Å². The lowest BCUT2D eigenvalue weighted by molar-refractivity contribution is -0.139. The Bertz CT molecular complexity index is 1130. The van der Waals surface area contributed by atoms with Crippen LogP contribution in [0.4, 0.5) is 4.39 Å². The summed E-state index contributed by atoms with van der Waals surface area (Å²) in [5.41, 5.74) is 2.76. The number of benzene rings is 2. The van der Waals surface area contributed by atoms with Crippen molar-refractivity contribution in [3.63, 3.8) is 0 Å². The largest absolute Gasteiger partial charge is 0.481 e. The van der Waals surface area contributed by atoms with Crippen LogP contribution in [-0.4, -0.2) is 71.9 Å². The Hall–Kier alpha value is -3.19. The van der Waals surface area contributed by atoms with Gasteiger partial charge >= 0.3 is 0 Å². The van der Waals surface area contributed by atoms with Gasteiger partial charge in [-0.1, -0.05) is 38.1 Å². The van der Waals surface area contributed by atoms with Crippen LogP contribution >= 0.6 is 0 Å². The maximum atomic E-state index is 14.2. The summed E-state index contributed by atoms with van der Waals surface area (Å²) >= 11 is 0. The van der Waals surface area contributed by atoms with Crippen molar-refractivity contribution in [2.45, 2.75) is 45.8 Å². The Kier molecular flexibility index (Phi) is 8.64. The van der Waals surface area contributed by atoms with Gasteiger partial charge < -0.3 is 14.5 Å². The zero-order chi connectivity index (χ0) is 26.5. The van der Waals surface area contributed by atoms with E-state index in [2.05, 4.69) is 11.5 Å². The summed E-state index contributed by atoms with van der Waals surface area (Å²) < 4.78 is 20.4. The number of nitrogens with zero attached hydrogens (tertiary/aromatic N) is 3. The Morgan fingerprint density at radius 2 is 1.84 bits per heavy atom. The van der Waals surface area contributed by atoms with Crippen molar-refractivity contribution < 1.29 is 18.7 Å². The first kappa shape index (κ1) is 26.9. The van der Waals surface area contributed by atoms with E-state index in [9.17, 15) is 14.0 Å². The molecule has 0 bridgehead atoms. The number of carbonyl (C=O) groups is 2. The summed E-state index contributed by atoms with van der Waals surface area (Å²) in [6.45, 7) is 14.0. The number of ether oxygens (including phenoxy) is 1. The van der Waals surface area contributed by atoms with Gasteiger partial charge in [0.15, 0.2) is 6.10 Å². The van der Waals surface area contributed by atoms with Crippen LogP contribution in [0.3, 0.4) is 0 Å². The number of fused-ring (bicyclic) bond motifs is 1. The van der Waals surface area contributed by atoms with E-state index in [0.29, 0.717) is 38.2 Å². The van der Waals surface area contributed by atoms with E-state index in [1.807, 2.05) is 54.0 Å². The van der Waals surface area contributed by atoms with Crippen molar-refractivity contribution in [2.75, 3.05) is 39.3 Å². The van der Waals surface area contributed by atoms with E-state index in [-0.39, 0.29) is 23.5 Å². The highest BCUT2D eigenvalue weighted by atomic mass is 19.1. The van der Waals surface area contributed by atoms with Crippen LogP contribution in [0.1, 0.15) is 49.9 Å². The molecule has 2 aromatic carbocycles. The fourth-order valence-corrected chi connectivity index (χ4v) is 5.28. The highest BCUT2D eigenvalue weighted by Crippen LogP contribution is 2.38. The molecule has 2 aliphatic rings. The maximum absolute atomic E-state index is 14.2. The van der Waals surface area contributed by atoms with Crippen LogP contribution in [0, 0.1) is 11.7 Å². The first-order chi connectivity index (χ1) is 17.8. The number of amides is 2. The fraction of sp³-hybridized carbons (Fsp3) is 0.467. The molecule has 198 valence electrons. The lowest BCUT2D eigenvalue weighted by atomic mass is 9.87. The van der Waals surface area contributed by atoms with Gasteiger partial charge in [-0.25, -0.2) is 4.39 Å². The number of piperazine rings is 1. The molecule has 0 spiro atoms. The summed E-state index contributed by atoms with van der Waals surface area (Å²) in [5.74, 6) is 0.485. The average molecular weight is 508 g/mol. The van der Waals surface area contributed by atoms with Crippen molar-refractivity contribution in [3.05, 3.63) is 77.6 Å². The Labute approximate surface area is 219 Å². The molecule has 2 aliphatic heterocycles. The number of rotatable bonds is 8. The van der Waals surface area contributed by atoms with Crippen molar-refractivity contribution in [1.29, 1.82) is 0 Å². The summed E-state index contributed by atoms with van der Waals surface area (Å²) in [4.78, 5) is 32.3. The number of hydrogen-bond donors (Lipinski definition) is 0. The third-order valence-corrected chi connectivity index (χ3v) is 7.15. The highest BCUT2D eigenvalue weighted by Gasteiger charge is 2.33. The molecule has 2 atom stereocenters. The molecule has 2 aromatic rings. The van der Waals surface area contributed by atoms with Crippen LogP contribution in [0.25, 0.3) is 0 Å². The second-order valence-electron chi connectivity index (χ2n) is 10.4. The first-order valence-electron chi connectivity index (χ1n) is 13.2. The van der Waals surface area contributed by atoms with Gasteiger partial charge in [-0.2, -0.15) is 0 Å². The van der Waals surface area contributed by atoms with Crippen molar-refractivity contribution >= 4 is 11.8 Å². The highest BCUT2D eigenvalue weighted by molar-refractivity contribution is 5.81. The lowest BCUT2D eigenvalue weighted by Crippen LogP contribution is -2.51. The third kappa shape index (κ3) is 6.39. The molecule has 0 unspecified atom stereocenters. The minimum atomic E-state index is -0.640. The fourth-order valence-electron chi connectivity index (χ4n) is 5.28. The summed E-state index contributed by atoms with van der Waals surface area (Å²) in [7, 11) is 0. The van der Waals surface area contributed by atoms with Crippen LogP contribution in [0.2, 0.25) is 0 Å². The second kappa shape index (κ2) is 11.9. The van der Waals surface area contributed by atoms with E-state index in [0.717, 1.165) is 36.3 Å². The average Bonchev–Trinajstić information content (AvgIpc) is 2.87. The molecule has 4 rings (SSSR count). The molecule has 0 radical (unpaired) electrons. The van der Waals surface area contributed by atoms with Gasteiger partial charge in [-0.15, -0.1) is 6.58 Å². The topological polar surface area (TPSA) is 53.1 Å². The van der Waals surface area contributed by atoms with Crippen LogP contribution in [0.5, 0.6) is 5.75 Å². The van der Waals surface area contributed by atoms with Gasteiger partial charge in [-0.3, -0.25) is 14.5 Å². The standard InChI is InChI=1S/C30H38FN3O3/c1-5-12-32-14-16-33(17-15-32)30(36)22(4)37-26-10-9-23-11-13-34(28(35)18-21(2)3)29(27(23)20-26)24-7-6-8-25(31)19-24/h5-10,19-22,29H,1,11-18H2,2-4H3/t22-,29+/m0/s1. The molecule has 2 amide bonds. The molecule has 1 fully saturated rings. The Balaban J connectivity index is 1.56. The number of hydrogen-bond acceptors (Lipinski definition) is 4. The van der Waals surface area contributed by atoms with Gasteiger partial charge in [0.05, 0.1) is 6.04 Å². The van der Waals surface area contributed by atoms with E-state index >= 15 is 0 Å². The van der Waals surface area contributed by atoms with Crippen LogP contribution in [0.15, 0.2) is 55.1 Å². The van der Waals surface area contributed by atoms with E-state index in [1.165, 1.54) is 12.1 Å². The molecule has 6 nitrogen and oxygen atoms in total. The third-order valence-electron chi connectivity index (χ3n) is 7.15. The monoisotopic (exact) mass is 507 g/mol. The van der Waals surface area contributed by atoms with Crippen molar-refractivity contribution in [3.8, 4) is 5.75 Å². The molecule has 37 heavy (non-hydrogen) atoms. The Morgan fingerprint density at radius 1 is 1.08 bits per heavy atom. The smallest absolute Gasteiger partial charge is 0.263 e. The molecule has 2 heterocycles. The van der Waals surface area contributed by atoms with E-state index in [4.69, 9.17) is 4.74 Å². The van der Waals surface area contributed by atoms with Gasteiger partial charge in [0.1, 0.15) is 11.6 Å². The summed E-state index contributed by atoms with van der Waals surface area (Å²) in [6, 6.07) is 11.9. The maximum Gasteiger partial charge on any atom is 0.263 e. The van der Waals surface area contributed by atoms with Crippen LogP contribution in [-0.2, 0) is 16.0 Å². The zero-order valence-corrected chi connectivity index (χ0v) is 22.2. The molecule has 1 saturated heterocycles. The summed E-state index contributed by atoms with van der Waals surface area (Å²) in [6.07, 6.45) is 2.39. The predicted molar refractivity (Wildman–Crippen MR) is 143 cm³/mol. The molecule has 0 aromatic heterocycles. The predicted octanol–water partition coefficient (Wildman–Crippen LogP) is 4.44. The summed E-state index contributed by atoms with van der Waals surface area (Å²) in [5, 5.41) is 0. The lowest BCUT2D eigenvalue weighted by Gasteiger charge is -2.38. The van der Waals surface area contributed by atoms with E-state index in [1.54, 1.807) is 13.0 Å². The van der Waals surface area contributed by atoms with Crippen molar-refractivity contribution in [1.82, 2.24) is 14.7 Å². The minimum absolute atomic E-state index is 0.0357. The molecule has 0 N–H and O–H groups in total. The second-order valence-corrected chi connectivity index (χ2v) is 10.4. The van der Waals surface area contributed by atoms with Gasteiger partial charge in [0, 0.05) is 45.7 Å². The Morgan fingerprint density at radius 3 is 2.51 bits per heavy atom. The SMILES string of the molecule is C=CCN1CCN(C(=O)[C@H](C)Oc2ccc3c(c2)[C@@H](c2cccc(F)c2)N(C(=O)CC(C)C)CC3)CC1. The number of halogens is 1. The van der Waals surface area contributed by atoms with E-state index < -0.39 is 12.1 Å². The molecule has 7 heteroatoms. The number of carbonyl (C=O) groups excluding carboxylic acids is 2. The molecule has 0 aliphatic carbocycles. The molecular weight excluding hydrogens is 469 g/mol. The van der Waals surface area contributed by atoms with Gasteiger partial charge in [0.2, 0.25) is 5.91 Å². The molecular formula is C30H38FN3O3. The van der Waals surface area contributed by atoms with Gasteiger partial charge in [0.25, 0.3) is 5.91 Å². The normalized spacial score (nSPS) is 18.9. The quantitative estimate of drug-likeness (QED) is 0.496. The zero-order valence-electron chi connectivity index (χ0n) is 22.2. The van der Waals surface area contributed by atoms with Crippen molar-refractivity contribution in [2.24, 2.45) is 5.92 Å². The first-order valence-corrected chi connectivity index (χ1v) is 13.2. The minimum Gasteiger partial charge on any atom is -0.481 e. The van der Waals surface area contributed by atoms with Gasteiger partial charge in [-0.05, 0) is 60.2 Å². The molecule has 0 saturated carbocycles.